The van der Waals surface area contributed by atoms with Crippen LogP contribution < -0.4 is 10.6 Å². The van der Waals surface area contributed by atoms with E-state index in [4.69, 9.17) is 0 Å². The van der Waals surface area contributed by atoms with Crippen molar-refractivity contribution in [1.82, 2.24) is 10.6 Å². The Labute approximate surface area is 121 Å². The number of aliphatic carboxylic acids is 1. The monoisotopic (exact) mass is 284 g/mol. The Kier molecular flexibility index (Phi) is 5.99. The van der Waals surface area contributed by atoms with Gasteiger partial charge in [-0.1, -0.05) is 27.2 Å². The summed E-state index contributed by atoms with van der Waals surface area (Å²) in [6, 6.07) is 0. The van der Waals surface area contributed by atoms with Crippen LogP contribution in [0.4, 0.5) is 0 Å². The summed E-state index contributed by atoms with van der Waals surface area (Å²) in [7, 11) is 0. The van der Waals surface area contributed by atoms with E-state index >= 15 is 0 Å². The highest BCUT2D eigenvalue weighted by atomic mass is 16.4. The number of carboxylic acid groups (broad SMARTS) is 1. The van der Waals surface area contributed by atoms with E-state index in [1.54, 1.807) is 0 Å². The second kappa shape index (κ2) is 7.07. The molecular weight excluding hydrogens is 256 g/mol. The molecule has 5 heteroatoms. The van der Waals surface area contributed by atoms with Crippen LogP contribution in [0.25, 0.3) is 0 Å². The summed E-state index contributed by atoms with van der Waals surface area (Å²) < 4.78 is 0. The van der Waals surface area contributed by atoms with E-state index in [9.17, 15) is 14.7 Å². The zero-order valence-corrected chi connectivity index (χ0v) is 12.9. The maximum atomic E-state index is 12.5. The van der Waals surface area contributed by atoms with Gasteiger partial charge in [0.25, 0.3) is 0 Å². The summed E-state index contributed by atoms with van der Waals surface area (Å²) in [5, 5.41) is 15.6. The van der Waals surface area contributed by atoms with Crippen LogP contribution in [0.3, 0.4) is 0 Å². The Morgan fingerprint density at radius 1 is 1.30 bits per heavy atom. The number of carbonyl (C=O) groups excluding carboxylic acids is 1. The predicted molar refractivity (Wildman–Crippen MR) is 78.5 cm³/mol. The highest BCUT2D eigenvalue weighted by molar-refractivity contribution is 5.84. The number of hydrogen-bond donors (Lipinski definition) is 3. The molecule has 0 aromatic heterocycles. The number of carboxylic acids is 1. The third-order valence-electron chi connectivity index (χ3n) is 4.85. The van der Waals surface area contributed by atoms with E-state index in [1.165, 1.54) is 0 Å². The standard InChI is InChI=1S/C15H28N2O3/c1-4-7-15(8-9-16-10-15)12(18)17-11-14(5-2,6-3)13(19)20/h16H,4-11H2,1-3H3,(H,17,18)(H,19,20). The van der Waals surface area contributed by atoms with Crippen LogP contribution in [0.15, 0.2) is 0 Å². The molecule has 0 bridgehead atoms. The molecule has 1 atom stereocenters. The Morgan fingerprint density at radius 2 is 1.95 bits per heavy atom. The summed E-state index contributed by atoms with van der Waals surface area (Å²) in [5.74, 6) is -0.811. The van der Waals surface area contributed by atoms with Crippen LogP contribution in [0.2, 0.25) is 0 Å². The van der Waals surface area contributed by atoms with Crippen molar-refractivity contribution in [2.45, 2.75) is 52.9 Å². The van der Waals surface area contributed by atoms with Gasteiger partial charge in [0, 0.05) is 13.1 Å². The maximum absolute atomic E-state index is 12.5. The average Bonchev–Trinajstić information content (AvgIpc) is 2.90. The topological polar surface area (TPSA) is 78.4 Å². The van der Waals surface area contributed by atoms with Crippen LogP contribution >= 0.6 is 0 Å². The molecule has 20 heavy (non-hydrogen) atoms. The smallest absolute Gasteiger partial charge is 0.311 e. The Hall–Kier alpha value is -1.10. The second-order valence-electron chi connectivity index (χ2n) is 5.93. The third kappa shape index (κ3) is 3.32. The molecular formula is C15H28N2O3. The van der Waals surface area contributed by atoms with Gasteiger partial charge in [-0.3, -0.25) is 9.59 Å². The first-order valence-electron chi connectivity index (χ1n) is 7.69. The first kappa shape index (κ1) is 17.0. The molecule has 1 aliphatic rings. The summed E-state index contributed by atoms with van der Waals surface area (Å²) >= 11 is 0. The molecule has 0 aliphatic carbocycles. The van der Waals surface area contributed by atoms with Crippen molar-refractivity contribution in [1.29, 1.82) is 0 Å². The molecule has 0 saturated carbocycles. The van der Waals surface area contributed by atoms with Crippen molar-refractivity contribution in [2.24, 2.45) is 10.8 Å². The minimum absolute atomic E-state index is 0.0110. The van der Waals surface area contributed by atoms with Crippen molar-refractivity contribution in [3.05, 3.63) is 0 Å². The Bertz CT molecular complexity index is 345. The van der Waals surface area contributed by atoms with Crippen molar-refractivity contribution in [3.8, 4) is 0 Å². The molecule has 1 amide bonds. The molecule has 0 radical (unpaired) electrons. The SMILES string of the molecule is CCCC1(C(=O)NCC(CC)(CC)C(=O)O)CCNC1. The fourth-order valence-corrected chi connectivity index (χ4v) is 3.06. The number of carbonyl (C=O) groups is 2. The Morgan fingerprint density at radius 3 is 2.35 bits per heavy atom. The predicted octanol–water partition coefficient (Wildman–Crippen LogP) is 1.77. The van der Waals surface area contributed by atoms with E-state index < -0.39 is 11.4 Å². The second-order valence-corrected chi connectivity index (χ2v) is 5.93. The van der Waals surface area contributed by atoms with E-state index in [0.717, 1.165) is 25.8 Å². The molecule has 1 heterocycles. The zero-order chi connectivity index (χ0) is 15.2. The summed E-state index contributed by atoms with van der Waals surface area (Å²) in [5.41, 5.74) is -1.18. The third-order valence-corrected chi connectivity index (χ3v) is 4.85. The summed E-state index contributed by atoms with van der Waals surface area (Å²) in [6.45, 7) is 7.59. The fourth-order valence-electron chi connectivity index (χ4n) is 3.06. The van der Waals surface area contributed by atoms with Gasteiger partial charge in [0.1, 0.15) is 0 Å². The molecule has 1 fully saturated rings. The van der Waals surface area contributed by atoms with Crippen LogP contribution in [0.1, 0.15) is 52.9 Å². The lowest BCUT2D eigenvalue weighted by Gasteiger charge is -2.31. The minimum atomic E-state index is -0.838. The van der Waals surface area contributed by atoms with Gasteiger partial charge in [-0.2, -0.15) is 0 Å². The molecule has 0 spiro atoms. The number of amides is 1. The van der Waals surface area contributed by atoms with Crippen LogP contribution in [0.5, 0.6) is 0 Å². The van der Waals surface area contributed by atoms with Gasteiger partial charge < -0.3 is 15.7 Å². The molecule has 1 saturated heterocycles. The summed E-state index contributed by atoms with van der Waals surface area (Å²) in [6.07, 6.45) is 3.70. The van der Waals surface area contributed by atoms with Crippen molar-refractivity contribution in [2.75, 3.05) is 19.6 Å². The van der Waals surface area contributed by atoms with Crippen molar-refractivity contribution in [3.63, 3.8) is 0 Å². The van der Waals surface area contributed by atoms with Gasteiger partial charge in [-0.25, -0.2) is 0 Å². The van der Waals surface area contributed by atoms with Gasteiger partial charge >= 0.3 is 5.97 Å². The molecule has 116 valence electrons. The molecule has 0 aromatic carbocycles. The maximum Gasteiger partial charge on any atom is 0.311 e. The lowest BCUT2D eigenvalue weighted by atomic mass is 9.79. The minimum Gasteiger partial charge on any atom is -0.481 e. The van der Waals surface area contributed by atoms with Gasteiger partial charge in [-0.05, 0) is 32.2 Å². The summed E-state index contributed by atoms with van der Waals surface area (Å²) in [4.78, 5) is 24.0. The number of hydrogen-bond acceptors (Lipinski definition) is 3. The van der Waals surface area contributed by atoms with E-state index in [1.807, 2.05) is 13.8 Å². The van der Waals surface area contributed by atoms with Crippen LogP contribution in [-0.4, -0.2) is 36.6 Å². The average molecular weight is 284 g/mol. The van der Waals surface area contributed by atoms with Gasteiger partial charge in [-0.15, -0.1) is 0 Å². The van der Waals surface area contributed by atoms with Crippen LogP contribution in [-0.2, 0) is 9.59 Å². The Balaban J connectivity index is 2.71. The largest absolute Gasteiger partial charge is 0.481 e. The van der Waals surface area contributed by atoms with E-state index in [0.29, 0.717) is 19.4 Å². The van der Waals surface area contributed by atoms with Gasteiger partial charge in [0.05, 0.1) is 10.8 Å². The van der Waals surface area contributed by atoms with Crippen LogP contribution in [0, 0.1) is 10.8 Å². The van der Waals surface area contributed by atoms with Gasteiger partial charge in [0.15, 0.2) is 0 Å². The molecule has 5 nitrogen and oxygen atoms in total. The first-order valence-corrected chi connectivity index (χ1v) is 7.69. The number of rotatable bonds is 8. The lowest BCUT2D eigenvalue weighted by Crippen LogP contribution is -2.48. The fraction of sp³-hybridized carbons (Fsp3) is 0.867. The van der Waals surface area contributed by atoms with E-state index in [-0.39, 0.29) is 17.9 Å². The lowest BCUT2D eigenvalue weighted by molar-refractivity contribution is -0.149. The highest BCUT2D eigenvalue weighted by Gasteiger charge is 2.42. The van der Waals surface area contributed by atoms with Crippen molar-refractivity contribution < 1.29 is 14.7 Å². The molecule has 1 unspecified atom stereocenters. The highest BCUT2D eigenvalue weighted by Crippen LogP contribution is 2.32. The number of nitrogens with one attached hydrogen (secondary N) is 2. The molecule has 3 N–H and O–H groups in total. The first-order chi connectivity index (χ1) is 9.46. The molecule has 1 rings (SSSR count). The molecule has 0 aromatic rings. The molecule has 1 aliphatic heterocycles. The zero-order valence-electron chi connectivity index (χ0n) is 12.9. The van der Waals surface area contributed by atoms with E-state index in [2.05, 4.69) is 17.6 Å². The van der Waals surface area contributed by atoms with Crippen molar-refractivity contribution >= 4 is 11.9 Å². The normalized spacial score (nSPS) is 22.8. The van der Waals surface area contributed by atoms with Gasteiger partial charge in [0.2, 0.25) is 5.91 Å². The quantitative estimate of drug-likeness (QED) is 0.635.